The first-order valence-electron chi connectivity index (χ1n) is 6.27. The van der Waals surface area contributed by atoms with Crippen molar-refractivity contribution in [3.63, 3.8) is 0 Å². The van der Waals surface area contributed by atoms with E-state index in [0.29, 0.717) is 11.4 Å². The van der Waals surface area contributed by atoms with Crippen molar-refractivity contribution in [2.45, 2.75) is 6.61 Å². The fraction of sp³-hybridized carbons (Fsp3) is 0.0625. The molecule has 2 aromatic carbocycles. The van der Waals surface area contributed by atoms with Crippen molar-refractivity contribution in [2.75, 3.05) is 5.32 Å². The number of esters is 1. The van der Waals surface area contributed by atoms with E-state index in [9.17, 15) is 4.79 Å². The molecule has 3 rings (SSSR count). The average Bonchev–Trinajstić information content (AvgIpc) is 2.53. The summed E-state index contributed by atoms with van der Waals surface area (Å²) in [6.07, 6.45) is 1.37. The van der Waals surface area contributed by atoms with E-state index < -0.39 is 5.97 Å². The summed E-state index contributed by atoms with van der Waals surface area (Å²) in [5, 5.41) is 2.99. The maximum Gasteiger partial charge on any atom is 0.358 e. The maximum atomic E-state index is 11.9. The largest absolute Gasteiger partial charge is 0.460 e. The lowest BCUT2D eigenvalue weighted by atomic mass is 10.2. The molecule has 0 bridgehead atoms. The average molecular weight is 267 g/mol. The molecule has 1 aliphatic rings. The van der Waals surface area contributed by atoms with Crippen molar-refractivity contribution < 1.29 is 14.3 Å². The highest BCUT2D eigenvalue weighted by atomic mass is 16.5. The minimum atomic E-state index is -0.441. The van der Waals surface area contributed by atoms with E-state index in [1.54, 1.807) is 0 Å². The Bertz CT molecular complexity index is 650. The van der Waals surface area contributed by atoms with E-state index in [-0.39, 0.29) is 6.61 Å². The molecule has 2 aromatic rings. The topological polar surface area (TPSA) is 47.6 Å². The molecule has 0 amide bonds. The molecule has 100 valence electrons. The molecular formula is C16H13NO3. The zero-order chi connectivity index (χ0) is 13.8. The minimum absolute atomic E-state index is 0.236. The van der Waals surface area contributed by atoms with Crippen LogP contribution in [-0.2, 0) is 16.1 Å². The standard InChI is InChI=1S/C16H13NO3/c18-16(20-10-12-6-2-1-3-7-12)14-11-19-15-9-5-4-8-13(15)17-14/h1-9,11,17H,10H2. The monoisotopic (exact) mass is 267 g/mol. The number of fused-ring (bicyclic) bond motifs is 1. The first-order valence-corrected chi connectivity index (χ1v) is 6.27. The third kappa shape index (κ3) is 2.64. The second-order valence-corrected chi connectivity index (χ2v) is 4.33. The molecule has 1 aliphatic heterocycles. The van der Waals surface area contributed by atoms with Crippen LogP contribution in [0.15, 0.2) is 66.6 Å². The number of carbonyl (C=O) groups excluding carboxylic acids is 1. The van der Waals surface area contributed by atoms with Crippen LogP contribution in [0.25, 0.3) is 0 Å². The Balaban J connectivity index is 1.63. The summed E-state index contributed by atoms with van der Waals surface area (Å²) in [6, 6.07) is 16.9. The second-order valence-electron chi connectivity index (χ2n) is 4.33. The molecule has 0 fully saturated rings. The Labute approximate surface area is 116 Å². The number of anilines is 1. The molecule has 1 N–H and O–H groups in total. The lowest BCUT2D eigenvalue weighted by molar-refractivity contribution is -0.140. The van der Waals surface area contributed by atoms with Gasteiger partial charge in [-0.3, -0.25) is 0 Å². The molecular weight excluding hydrogens is 254 g/mol. The van der Waals surface area contributed by atoms with Crippen molar-refractivity contribution in [1.29, 1.82) is 0 Å². The van der Waals surface area contributed by atoms with Gasteiger partial charge in [0.25, 0.3) is 0 Å². The van der Waals surface area contributed by atoms with E-state index in [1.807, 2.05) is 54.6 Å². The Kier molecular flexibility index (Phi) is 3.37. The predicted octanol–water partition coefficient (Wildman–Crippen LogP) is 3.08. The van der Waals surface area contributed by atoms with Gasteiger partial charge in [-0.1, -0.05) is 42.5 Å². The number of hydrogen-bond donors (Lipinski definition) is 1. The van der Waals surface area contributed by atoms with Gasteiger partial charge < -0.3 is 14.8 Å². The number of para-hydroxylation sites is 2. The molecule has 0 aliphatic carbocycles. The molecule has 0 saturated heterocycles. The van der Waals surface area contributed by atoms with E-state index in [2.05, 4.69) is 5.32 Å². The van der Waals surface area contributed by atoms with Crippen LogP contribution in [-0.4, -0.2) is 5.97 Å². The first-order chi connectivity index (χ1) is 9.83. The highest BCUT2D eigenvalue weighted by molar-refractivity contribution is 5.92. The SMILES string of the molecule is O=C(OCc1ccccc1)C1=COc2ccccc2N1. The zero-order valence-electron chi connectivity index (χ0n) is 10.7. The lowest BCUT2D eigenvalue weighted by Gasteiger charge is -2.18. The van der Waals surface area contributed by atoms with Crippen molar-refractivity contribution >= 4 is 11.7 Å². The third-order valence-electron chi connectivity index (χ3n) is 2.89. The molecule has 20 heavy (non-hydrogen) atoms. The molecule has 0 unspecified atom stereocenters. The lowest BCUT2D eigenvalue weighted by Crippen LogP contribution is -2.18. The van der Waals surface area contributed by atoms with E-state index in [1.165, 1.54) is 6.26 Å². The van der Waals surface area contributed by atoms with Gasteiger partial charge in [0.05, 0.1) is 5.69 Å². The van der Waals surface area contributed by atoms with Crippen LogP contribution in [0.4, 0.5) is 5.69 Å². The van der Waals surface area contributed by atoms with Crippen molar-refractivity contribution in [3.8, 4) is 5.75 Å². The number of carbonyl (C=O) groups is 1. The molecule has 0 saturated carbocycles. The van der Waals surface area contributed by atoms with Gasteiger partial charge in [-0.15, -0.1) is 0 Å². The number of benzene rings is 2. The summed E-state index contributed by atoms with van der Waals surface area (Å²) >= 11 is 0. The number of ether oxygens (including phenoxy) is 2. The fourth-order valence-electron chi connectivity index (χ4n) is 1.87. The van der Waals surface area contributed by atoms with Gasteiger partial charge in [0, 0.05) is 0 Å². The van der Waals surface area contributed by atoms with Gasteiger partial charge in [0.15, 0.2) is 5.70 Å². The molecule has 0 atom stereocenters. The number of hydrogen-bond acceptors (Lipinski definition) is 4. The summed E-state index contributed by atoms with van der Waals surface area (Å²) in [5.74, 6) is 0.246. The highest BCUT2D eigenvalue weighted by Crippen LogP contribution is 2.29. The molecule has 4 nitrogen and oxygen atoms in total. The van der Waals surface area contributed by atoms with Crippen LogP contribution < -0.4 is 10.1 Å². The minimum Gasteiger partial charge on any atom is -0.460 e. The van der Waals surface area contributed by atoms with Crippen molar-refractivity contribution in [1.82, 2.24) is 0 Å². The summed E-state index contributed by atoms with van der Waals surface area (Å²) in [4.78, 5) is 11.9. The third-order valence-corrected chi connectivity index (χ3v) is 2.89. The summed E-state index contributed by atoms with van der Waals surface area (Å²) in [7, 11) is 0. The van der Waals surface area contributed by atoms with Gasteiger partial charge in [0.1, 0.15) is 18.6 Å². The van der Waals surface area contributed by atoms with Gasteiger partial charge in [-0.25, -0.2) is 4.79 Å². The van der Waals surface area contributed by atoms with Gasteiger partial charge >= 0.3 is 5.97 Å². The van der Waals surface area contributed by atoms with Crippen LogP contribution in [0, 0.1) is 0 Å². The smallest absolute Gasteiger partial charge is 0.358 e. The molecule has 4 heteroatoms. The summed E-state index contributed by atoms with van der Waals surface area (Å²) in [5.41, 5.74) is 1.99. The number of nitrogens with one attached hydrogen (secondary N) is 1. The van der Waals surface area contributed by atoms with Crippen molar-refractivity contribution in [2.24, 2.45) is 0 Å². The Morgan fingerprint density at radius 3 is 2.65 bits per heavy atom. The zero-order valence-corrected chi connectivity index (χ0v) is 10.7. The molecule has 0 spiro atoms. The fourth-order valence-corrected chi connectivity index (χ4v) is 1.87. The van der Waals surface area contributed by atoms with Gasteiger partial charge in [-0.2, -0.15) is 0 Å². The van der Waals surface area contributed by atoms with E-state index in [4.69, 9.17) is 9.47 Å². The first kappa shape index (κ1) is 12.3. The van der Waals surface area contributed by atoms with Crippen LogP contribution in [0.1, 0.15) is 5.56 Å². The van der Waals surface area contributed by atoms with E-state index >= 15 is 0 Å². The Morgan fingerprint density at radius 1 is 1.05 bits per heavy atom. The van der Waals surface area contributed by atoms with Crippen LogP contribution in [0.5, 0.6) is 5.75 Å². The quantitative estimate of drug-likeness (QED) is 0.868. The molecule has 0 radical (unpaired) electrons. The number of rotatable bonds is 3. The normalized spacial score (nSPS) is 12.5. The van der Waals surface area contributed by atoms with E-state index in [0.717, 1.165) is 11.3 Å². The van der Waals surface area contributed by atoms with Gasteiger partial charge in [0.2, 0.25) is 0 Å². The van der Waals surface area contributed by atoms with Gasteiger partial charge in [-0.05, 0) is 17.7 Å². The second kappa shape index (κ2) is 5.48. The molecule has 1 heterocycles. The summed E-state index contributed by atoms with van der Waals surface area (Å²) < 4.78 is 10.6. The summed E-state index contributed by atoms with van der Waals surface area (Å²) in [6.45, 7) is 0.236. The van der Waals surface area contributed by atoms with Crippen LogP contribution in [0.2, 0.25) is 0 Å². The molecule has 0 aromatic heterocycles. The Morgan fingerprint density at radius 2 is 1.80 bits per heavy atom. The van der Waals surface area contributed by atoms with Crippen molar-refractivity contribution in [3.05, 3.63) is 72.1 Å². The highest BCUT2D eigenvalue weighted by Gasteiger charge is 2.18. The Hall–Kier alpha value is -2.75. The predicted molar refractivity (Wildman–Crippen MR) is 75.0 cm³/mol. The maximum absolute atomic E-state index is 11.9. The van der Waals surface area contributed by atoms with Crippen LogP contribution >= 0.6 is 0 Å². The van der Waals surface area contributed by atoms with Crippen LogP contribution in [0.3, 0.4) is 0 Å².